The maximum absolute atomic E-state index is 8.34. The summed E-state index contributed by atoms with van der Waals surface area (Å²) < 4.78 is 0. The summed E-state index contributed by atoms with van der Waals surface area (Å²) in [5.41, 5.74) is 2.02. The second kappa shape index (κ2) is 3.03. The first-order chi connectivity index (χ1) is 6.42. The maximum Gasteiger partial charge on any atom is 0.181 e. The lowest BCUT2D eigenvalue weighted by molar-refractivity contribution is 1.18. The molecule has 2 heterocycles. The number of aromatic nitrogens is 4. The molecule has 2 aromatic heterocycles. The van der Waals surface area contributed by atoms with Gasteiger partial charge in [-0.05, 0) is 6.08 Å². The van der Waals surface area contributed by atoms with Gasteiger partial charge in [-0.3, -0.25) is 0 Å². The molecule has 0 aromatic carbocycles. The lowest BCUT2D eigenvalue weighted by Gasteiger charge is -1.91. The summed E-state index contributed by atoms with van der Waals surface area (Å²) in [5, 5.41) is 8.34. The Bertz CT molecular complexity index is 490. The number of nitrogens with one attached hydrogen (secondary N) is 1. The van der Waals surface area contributed by atoms with Gasteiger partial charge in [0.25, 0.3) is 0 Å². The fourth-order valence-corrected chi connectivity index (χ4v) is 1.03. The van der Waals surface area contributed by atoms with E-state index in [4.69, 9.17) is 5.26 Å². The third-order valence-corrected chi connectivity index (χ3v) is 1.57. The number of nitriles is 1. The minimum atomic E-state index is 0.604. The Kier molecular flexibility index (Phi) is 1.73. The zero-order chi connectivity index (χ0) is 9.10. The Morgan fingerprint density at radius 2 is 2.31 bits per heavy atom. The molecule has 0 fully saturated rings. The van der Waals surface area contributed by atoms with Crippen molar-refractivity contribution in [3.8, 4) is 6.07 Å². The summed E-state index contributed by atoms with van der Waals surface area (Å²) in [5.74, 6) is 0. The minimum Gasteiger partial charge on any atom is -0.341 e. The summed E-state index contributed by atoms with van der Waals surface area (Å²) in [4.78, 5) is 14.8. The SMILES string of the molecule is N#CC=Cc1ncnc2nc[nH]c12. The van der Waals surface area contributed by atoms with E-state index in [0.29, 0.717) is 11.3 Å². The molecule has 0 saturated heterocycles. The molecule has 0 aliphatic rings. The van der Waals surface area contributed by atoms with Crippen LogP contribution in [0.2, 0.25) is 0 Å². The average Bonchev–Trinajstić information content (AvgIpc) is 2.62. The van der Waals surface area contributed by atoms with Crippen LogP contribution in [0, 0.1) is 11.3 Å². The fraction of sp³-hybridized carbons (Fsp3) is 0. The number of hydrogen-bond acceptors (Lipinski definition) is 4. The molecule has 0 radical (unpaired) electrons. The normalized spacial score (nSPS) is 10.7. The maximum atomic E-state index is 8.34. The van der Waals surface area contributed by atoms with Crippen LogP contribution in [0.25, 0.3) is 17.2 Å². The minimum absolute atomic E-state index is 0.604. The summed E-state index contributed by atoms with van der Waals surface area (Å²) in [6.45, 7) is 0. The van der Waals surface area contributed by atoms with E-state index in [9.17, 15) is 0 Å². The van der Waals surface area contributed by atoms with Gasteiger partial charge in [-0.1, -0.05) is 0 Å². The van der Waals surface area contributed by atoms with Crippen LogP contribution in [0.15, 0.2) is 18.7 Å². The van der Waals surface area contributed by atoms with E-state index in [-0.39, 0.29) is 0 Å². The van der Waals surface area contributed by atoms with Crippen molar-refractivity contribution in [2.45, 2.75) is 0 Å². The van der Waals surface area contributed by atoms with Crippen LogP contribution in [0.3, 0.4) is 0 Å². The second-order valence-corrected chi connectivity index (χ2v) is 2.32. The number of allylic oxidation sites excluding steroid dienone is 1. The van der Waals surface area contributed by atoms with Crippen LogP contribution >= 0.6 is 0 Å². The molecular weight excluding hydrogens is 166 g/mol. The molecule has 0 atom stereocenters. The molecule has 0 aliphatic heterocycles. The van der Waals surface area contributed by atoms with E-state index in [0.717, 1.165) is 5.52 Å². The van der Waals surface area contributed by atoms with E-state index in [2.05, 4.69) is 19.9 Å². The number of imidazole rings is 1. The molecule has 62 valence electrons. The summed E-state index contributed by atoms with van der Waals surface area (Å²) >= 11 is 0. The molecule has 5 nitrogen and oxygen atoms in total. The van der Waals surface area contributed by atoms with Gasteiger partial charge in [0.1, 0.15) is 11.8 Å². The zero-order valence-electron chi connectivity index (χ0n) is 6.60. The Balaban J connectivity index is 2.62. The average molecular weight is 171 g/mol. The number of aromatic amines is 1. The molecule has 1 N–H and O–H groups in total. The summed E-state index contributed by atoms with van der Waals surface area (Å²) in [6, 6.07) is 1.90. The summed E-state index contributed by atoms with van der Waals surface area (Å²) in [6.07, 6.45) is 5.94. The van der Waals surface area contributed by atoms with Gasteiger partial charge in [0.2, 0.25) is 0 Å². The van der Waals surface area contributed by atoms with Crippen molar-refractivity contribution in [3.05, 3.63) is 24.4 Å². The van der Waals surface area contributed by atoms with Crippen LogP contribution in [-0.2, 0) is 0 Å². The predicted octanol–water partition coefficient (Wildman–Crippen LogP) is 0.890. The zero-order valence-corrected chi connectivity index (χ0v) is 6.60. The molecule has 2 aromatic rings. The highest BCUT2D eigenvalue weighted by molar-refractivity contribution is 5.79. The second-order valence-electron chi connectivity index (χ2n) is 2.32. The van der Waals surface area contributed by atoms with Crippen molar-refractivity contribution in [1.29, 1.82) is 5.26 Å². The standard InChI is InChI=1S/C8H5N5/c9-3-1-2-6-7-8(12-4-10-6)13-5-11-7/h1-2,4-5H,(H,10,11,12,13). The number of H-pyrrole nitrogens is 1. The molecule has 0 aliphatic carbocycles. The quantitative estimate of drug-likeness (QED) is 0.646. The van der Waals surface area contributed by atoms with Gasteiger partial charge in [0.15, 0.2) is 5.65 Å². The molecule has 2 rings (SSSR count). The Morgan fingerprint density at radius 3 is 3.15 bits per heavy atom. The first-order valence-electron chi connectivity index (χ1n) is 3.62. The van der Waals surface area contributed by atoms with Crippen molar-refractivity contribution in [2.75, 3.05) is 0 Å². The van der Waals surface area contributed by atoms with Crippen LogP contribution in [0.5, 0.6) is 0 Å². The highest BCUT2D eigenvalue weighted by Crippen LogP contribution is 2.09. The van der Waals surface area contributed by atoms with Gasteiger partial charge in [-0.15, -0.1) is 0 Å². The van der Waals surface area contributed by atoms with Gasteiger partial charge in [-0.25, -0.2) is 15.0 Å². The van der Waals surface area contributed by atoms with Gasteiger partial charge in [0, 0.05) is 6.08 Å². The van der Waals surface area contributed by atoms with E-state index < -0.39 is 0 Å². The van der Waals surface area contributed by atoms with Crippen LogP contribution < -0.4 is 0 Å². The van der Waals surface area contributed by atoms with E-state index in [1.165, 1.54) is 12.4 Å². The lowest BCUT2D eigenvalue weighted by Crippen LogP contribution is -1.85. The molecule has 0 amide bonds. The van der Waals surface area contributed by atoms with Crippen molar-refractivity contribution in [1.82, 2.24) is 19.9 Å². The summed E-state index contributed by atoms with van der Waals surface area (Å²) in [7, 11) is 0. The monoisotopic (exact) mass is 171 g/mol. The molecular formula is C8H5N5. The molecule has 0 saturated carbocycles. The van der Waals surface area contributed by atoms with Crippen molar-refractivity contribution < 1.29 is 0 Å². The van der Waals surface area contributed by atoms with Crippen molar-refractivity contribution >= 4 is 17.2 Å². The third kappa shape index (κ3) is 1.25. The van der Waals surface area contributed by atoms with Gasteiger partial charge >= 0.3 is 0 Å². The number of nitrogens with zero attached hydrogens (tertiary/aromatic N) is 4. The Labute approximate surface area is 73.8 Å². The molecule has 5 heteroatoms. The van der Waals surface area contributed by atoms with Crippen LogP contribution in [-0.4, -0.2) is 19.9 Å². The van der Waals surface area contributed by atoms with Gasteiger partial charge < -0.3 is 4.98 Å². The van der Waals surface area contributed by atoms with Crippen molar-refractivity contribution in [3.63, 3.8) is 0 Å². The highest BCUT2D eigenvalue weighted by atomic mass is 15.0. The van der Waals surface area contributed by atoms with Crippen molar-refractivity contribution in [2.24, 2.45) is 0 Å². The first-order valence-corrected chi connectivity index (χ1v) is 3.62. The number of hydrogen-bond donors (Lipinski definition) is 1. The Morgan fingerprint density at radius 1 is 1.38 bits per heavy atom. The molecule has 0 spiro atoms. The molecule has 0 unspecified atom stereocenters. The smallest absolute Gasteiger partial charge is 0.181 e. The predicted molar refractivity (Wildman–Crippen MR) is 46.3 cm³/mol. The lowest BCUT2D eigenvalue weighted by atomic mass is 10.3. The van der Waals surface area contributed by atoms with E-state index in [1.807, 2.05) is 6.07 Å². The van der Waals surface area contributed by atoms with Crippen LogP contribution in [0.4, 0.5) is 0 Å². The first kappa shape index (κ1) is 7.43. The third-order valence-electron chi connectivity index (χ3n) is 1.57. The van der Waals surface area contributed by atoms with E-state index in [1.54, 1.807) is 12.4 Å². The highest BCUT2D eigenvalue weighted by Gasteiger charge is 2.01. The number of fused-ring (bicyclic) bond motifs is 1. The van der Waals surface area contributed by atoms with Gasteiger partial charge in [-0.2, -0.15) is 5.26 Å². The van der Waals surface area contributed by atoms with E-state index >= 15 is 0 Å². The Hall–Kier alpha value is -2.22. The molecule has 0 bridgehead atoms. The topological polar surface area (TPSA) is 78.2 Å². The number of rotatable bonds is 1. The molecule has 13 heavy (non-hydrogen) atoms. The van der Waals surface area contributed by atoms with Gasteiger partial charge in [0.05, 0.1) is 18.1 Å². The fourth-order valence-electron chi connectivity index (χ4n) is 1.03. The van der Waals surface area contributed by atoms with Crippen LogP contribution in [0.1, 0.15) is 5.69 Å². The largest absolute Gasteiger partial charge is 0.341 e.